The molecule has 0 atom stereocenters. The summed E-state index contributed by atoms with van der Waals surface area (Å²) in [6.07, 6.45) is 0.687. The van der Waals surface area contributed by atoms with Crippen LogP contribution in [0.25, 0.3) is 0 Å². The van der Waals surface area contributed by atoms with Gasteiger partial charge in [0.15, 0.2) is 9.84 Å². The quantitative estimate of drug-likeness (QED) is 0.898. The van der Waals surface area contributed by atoms with Crippen LogP contribution in [0, 0.1) is 0 Å². The molecule has 0 spiro atoms. The average molecular weight is 269 g/mol. The van der Waals surface area contributed by atoms with Crippen molar-refractivity contribution in [2.45, 2.75) is 30.8 Å². The van der Waals surface area contributed by atoms with Gasteiger partial charge >= 0.3 is 0 Å². The number of β-amino-alcohol motifs (C(OH)–C–C–N with tert-alkyl or cyclic N) is 1. The van der Waals surface area contributed by atoms with Gasteiger partial charge in [-0.25, -0.2) is 8.42 Å². The zero-order chi connectivity index (χ0) is 13.4. The van der Waals surface area contributed by atoms with Crippen LogP contribution in [0.3, 0.4) is 0 Å². The third-order valence-electron chi connectivity index (χ3n) is 3.55. The molecule has 1 aliphatic heterocycles. The maximum atomic E-state index is 12.0. The van der Waals surface area contributed by atoms with E-state index in [9.17, 15) is 13.5 Å². The molecule has 100 valence electrons. The summed E-state index contributed by atoms with van der Waals surface area (Å²) < 4.78 is 24.0. The van der Waals surface area contributed by atoms with E-state index in [0.29, 0.717) is 30.1 Å². The van der Waals surface area contributed by atoms with Crippen molar-refractivity contribution in [2.24, 2.45) is 0 Å². The molecule has 0 bridgehead atoms. The monoisotopic (exact) mass is 269 g/mol. The summed E-state index contributed by atoms with van der Waals surface area (Å²) in [5, 5.41) is 10.0. The molecule has 1 aromatic carbocycles. The smallest absolute Gasteiger partial charge is 0.180 e. The molecule has 2 rings (SSSR count). The van der Waals surface area contributed by atoms with Gasteiger partial charge in [-0.2, -0.15) is 0 Å². The Hall–Kier alpha value is -1.07. The number of anilines is 1. The van der Waals surface area contributed by atoms with Crippen LogP contribution in [0.5, 0.6) is 0 Å². The number of benzene rings is 1. The van der Waals surface area contributed by atoms with Crippen LogP contribution in [0.4, 0.5) is 5.69 Å². The first-order valence-electron chi connectivity index (χ1n) is 6.21. The molecule has 1 saturated heterocycles. The molecule has 1 aromatic rings. The summed E-state index contributed by atoms with van der Waals surface area (Å²) in [6.45, 7) is 4.58. The first-order chi connectivity index (χ1) is 8.42. The first-order valence-corrected chi connectivity index (χ1v) is 7.86. The second-order valence-electron chi connectivity index (χ2n) is 4.81. The fraction of sp³-hybridized carbons (Fsp3) is 0.538. The minimum absolute atomic E-state index is 0.0932. The van der Waals surface area contributed by atoms with Gasteiger partial charge in [0.25, 0.3) is 0 Å². The molecule has 0 aromatic heterocycles. The lowest BCUT2D eigenvalue weighted by Crippen LogP contribution is -2.61. The third kappa shape index (κ3) is 2.24. The Kier molecular flexibility index (Phi) is 3.38. The molecule has 0 amide bonds. The topological polar surface area (TPSA) is 57.6 Å². The maximum Gasteiger partial charge on any atom is 0.180 e. The van der Waals surface area contributed by atoms with Crippen LogP contribution in [0.2, 0.25) is 0 Å². The fourth-order valence-corrected chi connectivity index (χ4v) is 3.31. The highest BCUT2D eigenvalue weighted by Crippen LogP contribution is 2.34. The Bertz CT molecular complexity index is 533. The lowest BCUT2D eigenvalue weighted by atomic mass is 9.91. The molecule has 0 aliphatic carbocycles. The largest absolute Gasteiger partial charge is 0.386 e. The van der Waals surface area contributed by atoms with Crippen molar-refractivity contribution in [1.29, 1.82) is 0 Å². The normalized spacial score (nSPS) is 18.5. The van der Waals surface area contributed by atoms with Crippen LogP contribution in [0.15, 0.2) is 29.2 Å². The number of para-hydroxylation sites is 1. The SMILES string of the molecule is CCC1(O)CN(c2ccccc2S(=O)(=O)CC)C1. The van der Waals surface area contributed by atoms with E-state index in [1.54, 1.807) is 25.1 Å². The summed E-state index contributed by atoms with van der Waals surface area (Å²) in [7, 11) is -3.22. The van der Waals surface area contributed by atoms with Crippen molar-refractivity contribution in [3.05, 3.63) is 24.3 Å². The number of aliphatic hydroxyl groups is 1. The number of hydrogen-bond acceptors (Lipinski definition) is 4. The third-order valence-corrected chi connectivity index (χ3v) is 5.32. The van der Waals surface area contributed by atoms with Gasteiger partial charge in [0.2, 0.25) is 0 Å². The van der Waals surface area contributed by atoms with Gasteiger partial charge in [-0.05, 0) is 18.6 Å². The van der Waals surface area contributed by atoms with Crippen molar-refractivity contribution in [3.8, 4) is 0 Å². The molecular formula is C13H19NO3S. The Balaban J connectivity index is 2.31. The minimum atomic E-state index is -3.22. The molecule has 0 unspecified atom stereocenters. The highest BCUT2D eigenvalue weighted by Gasteiger charge is 2.40. The van der Waals surface area contributed by atoms with E-state index < -0.39 is 15.4 Å². The second-order valence-corrected chi connectivity index (χ2v) is 7.05. The lowest BCUT2D eigenvalue weighted by molar-refractivity contribution is 0.00823. The maximum absolute atomic E-state index is 12.0. The standard InChI is InChI=1S/C13H19NO3S/c1-3-13(15)9-14(10-13)11-7-5-6-8-12(11)18(16,17)4-2/h5-8,15H,3-4,9-10H2,1-2H3. The highest BCUT2D eigenvalue weighted by atomic mass is 32.2. The zero-order valence-electron chi connectivity index (χ0n) is 10.8. The van der Waals surface area contributed by atoms with Crippen LogP contribution >= 0.6 is 0 Å². The van der Waals surface area contributed by atoms with Crippen LogP contribution < -0.4 is 4.90 Å². The summed E-state index contributed by atoms with van der Waals surface area (Å²) >= 11 is 0. The summed E-state index contributed by atoms with van der Waals surface area (Å²) in [4.78, 5) is 2.29. The average Bonchev–Trinajstić information content (AvgIpc) is 2.35. The van der Waals surface area contributed by atoms with Gasteiger partial charge in [0.1, 0.15) is 0 Å². The molecule has 1 fully saturated rings. The van der Waals surface area contributed by atoms with Gasteiger partial charge in [0, 0.05) is 13.1 Å². The highest BCUT2D eigenvalue weighted by molar-refractivity contribution is 7.91. The van der Waals surface area contributed by atoms with Crippen LogP contribution in [0.1, 0.15) is 20.3 Å². The molecule has 1 aliphatic rings. The Morgan fingerprint density at radius 3 is 2.44 bits per heavy atom. The van der Waals surface area contributed by atoms with Crippen molar-refractivity contribution < 1.29 is 13.5 Å². The predicted octanol–water partition coefficient (Wildman–Crippen LogP) is 1.44. The molecular weight excluding hydrogens is 250 g/mol. The summed E-state index contributed by atoms with van der Waals surface area (Å²) in [5.41, 5.74) is 0.0424. The zero-order valence-corrected chi connectivity index (χ0v) is 11.6. The minimum Gasteiger partial charge on any atom is -0.386 e. The van der Waals surface area contributed by atoms with Crippen molar-refractivity contribution in [2.75, 3.05) is 23.7 Å². The number of hydrogen-bond donors (Lipinski definition) is 1. The molecule has 5 heteroatoms. The first kappa shape index (κ1) is 13.4. The van der Waals surface area contributed by atoms with Crippen molar-refractivity contribution >= 4 is 15.5 Å². The summed E-state index contributed by atoms with van der Waals surface area (Å²) in [6, 6.07) is 7.00. The van der Waals surface area contributed by atoms with E-state index in [-0.39, 0.29) is 5.75 Å². The van der Waals surface area contributed by atoms with Crippen molar-refractivity contribution in [3.63, 3.8) is 0 Å². The molecule has 1 N–H and O–H groups in total. The molecule has 0 radical (unpaired) electrons. The van der Waals surface area contributed by atoms with E-state index in [4.69, 9.17) is 0 Å². The van der Waals surface area contributed by atoms with Crippen LogP contribution in [-0.4, -0.2) is 38.0 Å². The van der Waals surface area contributed by atoms with E-state index in [1.807, 2.05) is 17.9 Å². The van der Waals surface area contributed by atoms with Crippen molar-refractivity contribution in [1.82, 2.24) is 0 Å². The second kappa shape index (κ2) is 4.55. The number of rotatable bonds is 4. The van der Waals surface area contributed by atoms with E-state index in [0.717, 1.165) is 0 Å². The molecule has 4 nitrogen and oxygen atoms in total. The summed E-state index contributed by atoms with van der Waals surface area (Å²) in [5.74, 6) is 0.0932. The number of nitrogens with zero attached hydrogens (tertiary/aromatic N) is 1. The van der Waals surface area contributed by atoms with Crippen LogP contribution in [-0.2, 0) is 9.84 Å². The van der Waals surface area contributed by atoms with E-state index in [2.05, 4.69) is 0 Å². The molecule has 0 saturated carbocycles. The fourth-order valence-electron chi connectivity index (χ4n) is 2.20. The Morgan fingerprint density at radius 1 is 1.28 bits per heavy atom. The van der Waals surface area contributed by atoms with Gasteiger partial charge < -0.3 is 10.0 Å². The lowest BCUT2D eigenvalue weighted by Gasteiger charge is -2.48. The van der Waals surface area contributed by atoms with E-state index >= 15 is 0 Å². The predicted molar refractivity (Wildman–Crippen MR) is 71.6 cm³/mol. The van der Waals surface area contributed by atoms with Gasteiger partial charge in [-0.1, -0.05) is 26.0 Å². The van der Waals surface area contributed by atoms with Gasteiger partial charge in [-0.15, -0.1) is 0 Å². The van der Waals surface area contributed by atoms with E-state index in [1.165, 1.54) is 0 Å². The number of sulfone groups is 1. The molecule has 18 heavy (non-hydrogen) atoms. The van der Waals surface area contributed by atoms with Gasteiger partial charge in [-0.3, -0.25) is 0 Å². The molecule has 1 heterocycles. The van der Waals surface area contributed by atoms with Gasteiger partial charge in [0.05, 0.1) is 21.9 Å². The Labute approximate surface area is 108 Å². The Morgan fingerprint density at radius 2 is 1.89 bits per heavy atom.